The monoisotopic (exact) mass is 825 g/mol. The van der Waals surface area contributed by atoms with E-state index in [9.17, 15) is 18.4 Å². The molecule has 0 aliphatic heterocycles. The van der Waals surface area contributed by atoms with E-state index in [1.165, 1.54) is 6.07 Å². The molecular formula is C53H33F6N3. The van der Waals surface area contributed by atoms with Gasteiger partial charge in [0.2, 0.25) is 0 Å². The average Bonchev–Trinajstić information content (AvgIpc) is 3.77. The summed E-state index contributed by atoms with van der Waals surface area (Å²) in [6.07, 6.45) is -10.2. The lowest BCUT2D eigenvalue weighted by molar-refractivity contribution is -0.142. The van der Waals surface area contributed by atoms with Crippen LogP contribution in [0.25, 0.3) is 88.4 Å². The van der Waals surface area contributed by atoms with Crippen molar-refractivity contribution in [2.24, 2.45) is 0 Å². The van der Waals surface area contributed by atoms with Crippen LogP contribution in [0.3, 0.4) is 0 Å². The summed E-state index contributed by atoms with van der Waals surface area (Å²) in [6, 6.07) is 50.2. The summed E-state index contributed by atoms with van der Waals surface area (Å²) in [5.74, 6) is 0. The Labute approximate surface area is 351 Å². The Morgan fingerprint density at radius 2 is 0.887 bits per heavy atom. The molecule has 62 heavy (non-hydrogen) atoms. The molecule has 0 radical (unpaired) electrons. The molecule has 0 fully saturated rings. The Hall–Kier alpha value is -7.57. The zero-order valence-electron chi connectivity index (χ0n) is 33.2. The van der Waals surface area contributed by atoms with Gasteiger partial charge in [0.15, 0.2) is 0 Å². The van der Waals surface area contributed by atoms with E-state index in [0.717, 1.165) is 61.0 Å². The summed E-state index contributed by atoms with van der Waals surface area (Å²) >= 11 is 0. The number of halogens is 6. The van der Waals surface area contributed by atoms with Crippen LogP contribution >= 0.6 is 0 Å². The summed E-state index contributed by atoms with van der Waals surface area (Å²) in [4.78, 5) is 0. The van der Waals surface area contributed by atoms with Crippen LogP contribution in [-0.4, -0.2) is 9.13 Å². The van der Waals surface area contributed by atoms with Gasteiger partial charge in [-0.3, -0.25) is 0 Å². The fourth-order valence-electron chi connectivity index (χ4n) is 8.76. The van der Waals surface area contributed by atoms with Gasteiger partial charge in [0.1, 0.15) is 6.07 Å². The van der Waals surface area contributed by atoms with E-state index in [2.05, 4.69) is 12.1 Å². The highest BCUT2D eigenvalue weighted by molar-refractivity contribution is 6.12. The second-order valence-electron chi connectivity index (χ2n) is 15.7. The van der Waals surface area contributed by atoms with Gasteiger partial charge in [0, 0.05) is 27.1 Å². The summed E-state index contributed by atoms with van der Waals surface area (Å²) in [6.45, 7) is 4.02. The van der Waals surface area contributed by atoms with Crippen LogP contribution in [0.15, 0.2) is 164 Å². The van der Waals surface area contributed by atoms with Crippen molar-refractivity contribution < 1.29 is 26.3 Å². The molecule has 9 heteroatoms. The zero-order chi connectivity index (χ0) is 43.1. The zero-order valence-corrected chi connectivity index (χ0v) is 33.2. The first kappa shape index (κ1) is 38.6. The molecule has 2 aromatic heterocycles. The van der Waals surface area contributed by atoms with Crippen molar-refractivity contribution in [1.82, 2.24) is 9.13 Å². The highest BCUT2D eigenvalue weighted by atomic mass is 19.4. The second kappa shape index (κ2) is 14.3. The molecule has 302 valence electrons. The molecule has 0 atom stereocenters. The fourth-order valence-corrected chi connectivity index (χ4v) is 8.76. The van der Waals surface area contributed by atoms with Crippen LogP contribution in [0, 0.1) is 25.2 Å². The van der Waals surface area contributed by atoms with Crippen molar-refractivity contribution >= 4 is 43.6 Å². The van der Waals surface area contributed by atoms with Crippen LogP contribution < -0.4 is 0 Å². The maximum Gasteiger partial charge on any atom is 0.417 e. The Morgan fingerprint density at radius 3 is 1.37 bits per heavy atom. The Kier molecular flexibility index (Phi) is 8.89. The first-order chi connectivity index (χ1) is 29.8. The summed E-state index contributed by atoms with van der Waals surface area (Å²) < 4.78 is 91.6. The first-order valence-electron chi connectivity index (χ1n) is 19.9. The number of alkyl halides is 6. The van der Waals surface area contributed by atoms with Crippen LogP contribution in [0.2, 0.25) is 0 Å². The van der Waals surface area contributed by atoms with Crippen LogP contribution in [0.4, 0.5) is 26.3 Å². The van der Waals surface area contributed by atoms with Crippen molar-refractivity contribution in [2.75, 3.05) is 0 Å². The molecule has 8 aromatic carbocycles. The van der Waals surface area contributed by atoms with Crippen molar-refractivity contribution in [3.63, 3.8) is 0 Å². The van der Waals surface area contributed by atoms with Gasteiger partial charge in [-0.25, -0.2) is 0 Å². The minimum Gasteiger partial charge on any atom is -0.309 e. The molecule has 0 saturated heterocycles. The third kappa shape index (κ3) is 6.38. The number of aromatic nitrogens is 2. The highest BCUT2D eigenvalue weighted by Crippen LogP contribution is 2.46. The van der Waals surface area contributed by atoms with Gasteiger partial charge in [-0.1, -0.05) is 114 Å². The van der Waals surface area contributed by atoms with Gasteiger partial charge in [-0.05, 0) is 102 Å². The molecule has 10 rings (SSSR count). The normalized spacial score (nSPS) is 12.2. The van der Waals surface area contributed by atoms with Crippen LogP contribution in [0.1, 0.15) is 27.8 Å². The van der Waals surface area contributed by atoms with Gasteiger partial charge in [0.25, 0.3) is 0 Å². The number of nitrogens with zero attached hydrogens (tertiary/aromatic N) is 3. The molecule has 0 aliphatic carbocycles. The molecule has 0 amide bonds. The predicted molar refractivity (Wildman–Crippen MR) is 236 cm³/mol. The number of hydrogen-bond donors (Lipinski definition) is 0. The van der Waals surface area contributed by atoms with E-state index in [1.54, 1.807) is 10.6 Å². The molecule has 0 N–H and O–H groups in total. The van der Waals surface area contributed by atoms with Crippen molar-refractivity contribution in [3.8, 4) is 50.8 Å². The Balaban J connectivity index is 1.30. The van der Waals surface area contributed by atoms with Gasteiger partial charge in [0.05, 0.1) is 50.1 Å². The van der Waals surface area contributed by atoms with Gasteiger partial charge in [-0.15, -0.1) is 0 Å². The molecule has 0 aliphatic rings. The summed E-state index contributed by atoms with van der Waals surface area (Å²) in [5, 5.41) is 14.3. The number of rotatable bonds is 5. The predicted octanol–water partition coefficient (Wildman–Crippen LogP) is 15.4. The van der Waals surface area contributed by atoms with E-state index in [-0.39, 0.29) is 28.6 Å². The lowest BCUT2D eigenvalue weighted by Crippen LogP contribution is -2.13. The molecule has 0 saturated carbocycles. The van der Waals surface area contributed by atoms with E-state index < -0.39 is 29.0 Å². The third-order valence-corrected chi connectivity index (χ3v) is 11.8. The van der Waals surface area contributed by atoms with Crippen LogP contribution in [-0.2, 0) is 12.4 Å². The van der Waals surface area contributed by atoms with Crippen molar-refractivity contribution in [2.45, 2.75) is 26.2 Å². The quantitative estimate of drug-likeness (QED) is 0.159. The number of benzene rings is 8. The average molecular weight is 826 g/mol. The van der Waals surface area contributed by atoms with Crippen LogP contribution in [0.5, 0.6) is 0 Å². The Morgan fingerprint density at radius 1 is 0.419 bits per heavy atom. The molecular weight excluding hydrogens is 793 g/mol. The molecule has 3 nitrogen and oxygen atoms in total. The first-order valence-corrected chi connectivity index (χ1v) is 19.9. The van der Waals surface area contributed by atoms with Crippen molar-refractivity contribution in [1.29, 1.82) is 5.26 Å². The minimum absolute atomic E-state index is 0.00693. The number of para-hydroxylation sites is 2. The summed E-state index contributed by atoms with van der Waals surface area (Å²) in [7, 11) is 0. The van der Waals surface area contributed by atoms with Gasteiger partial charge < -0.3 is 9.13 Å². The fraction of sp³-hybridized carbons (Fsp3) is 0.0755. The number of fused-ring (bicyclic) bond motifs is 6. The lowest BCUT2D eigenvalue weighted by atomic mass is 9.93. The second-order valence-corrected chi connectivity index (χ2v) is 15.7. The van der Waals surface area contributed by atoms with E-state index in [0.29, 0.717) is 28.1 Å². The molecule has 10 aromatic rings. The van der Waals surface area contributed by atoms with Crippen molar-refractivity contribution in [3.05, 3.63) is 192 Å². The third-order valence-electron chi connectivity index (χ3n) is 11.8. The largest absolute Gasteiger partial charge is 0.417 e. The van der Waals surface area contributed by atoms with E-state index >= 15 is 13.2 Å². The molecule has 0 unspecified atom stereocenters. The van der Waals surface area contributed by atoms with E-state index in [4.69, 9.17) is 0 Å². The maximum atomic E-state index is 15.2. The SMILES string of the molecule is Cc1ccc(-c2ccc3c(c2)c2ccccc2n3-c2cc(-c3ccc(C(F)(F)F)cc3C(F)(F)F)c(-n3c4ccccc4c4cc(-c5ccc(C)cc5)ccc43)cc2C#N)cc1. The maximum absolute atomic E-state index is 15.2. The number of aryl methyl sites for hydroxylation is 2. The topological polar surface area (TPSA) is 33.6 Å². The van der Waals surface area contributed by atoms with Gasteiger partial charge >= 0.3 is 12.4 Å². The number of hydrogen-bond acceptors (Lipinski definition) is 1. The lowest BCUT2D eigenvalue weighted by Gasteiger charge is -2.22. The standard InChI is InChI=1S/C53H33F6N3/c1-31-11-15-33(16-12-31)35-19-23-48-42(25-35)40-7-3-5-9-46(40)61(48)50-29-44(39-22-21-38(52(54,55)56)28-45(39)53(57,58)59)51(27-37(50)30-60)62-47-10-6-4-8-41(47)43-26-36(20-24-49(43)62)34-17-13-32(2)14-18-34/h3-29H,1-2H3. The van der Waals surface area contributed by atoms with Gasteiger partial charge in [-0.2, -0.15) is 31.6 Å². The van der Waals surface area contributed by atoms with E-state index in [1.807, 2.05) is 146 Å². The Bertz CT molecular complexity index is 3450. The molecule has 2 heterocycles. The number of nitriles is 1. The smallest absolute Gasteiger partial charge is 0.309 e. The highest BCUT2D eigenvalue weighted by Gasteiger charge is 2.39. The summed E-state index contributed by atoms with van der Waals surface area (Å²) in [5.41, 5.74) is 6.03. The molecule has 0 bridgehead atoms. The molecule has 0 spiro atoms. The minimum atomic E-state index is -5.18.